The van der Waals surface area contributed by atoms with Crippen LogP contribution < -0.4 is 4.74 Å². The molecule has 2 nitrogen and oxygen atoms in total. The van der Waals surface area contributed by atoms with E-state index >= 15 is 0 Å². The number of nitrogens with zero attached hydrogens (tertiary/aromatic N) is 1. The molecule has 1 saturated heterocycles. The van der Waals surface area contributed by atoms with Gasteiger partial charge >= 0.3 is 0 Å². The summed E-state index contributed by atoms with van der Waals surface area (Å²) in [7, 11) is 1.77. The minimum absolute atomic E-state index is 0.334. The van der Waals surface area contributed by atoms with E-state index in [-0.39, 0.29) is 0 Å². The van der Waals surface area contributed by atoms with Crippen LogP contribution in [0.15, 0.2) is 54.6 Å². The molecule has 0 spiro atoms. The third kappa shape index (κ3) is 3.16. The molecule has 0 unspecified atom stereocenters. The van der Waals surface area contributed by atoms with Crippen LogP contribution in [0.5, 0.6) is 5.75 Å². The number of benzene rings is 2. The van der Waals surface area contributed by atoms with Gasteiger partial charge in [-0.25, -0.2) is 0 Å². The van der Waals surface area contributed by atoms with Crippen molar-refractivity contribution >= 4 is 0 Å². The summed E-state index contributed by atoms with van der Waals surface area (Å²) >= 11 is 0. The first-order valence-corrected chi connectivity index (χ1v) is 10.2. The smallest absolute Gasteiger partial charge is 0.119 e. The maximum atomic E-state index is 5.51. The molecule has 26 heavy (non-hydrogen) atoms. The van der Waals surface area contributed by atoms with Crippen molar-refractivity contribution in [2.45, 2.75) is 50.5 Å². The van der Waals surface area contributed by atoms with E-state index in [9.17, 15) is 0 Å². The van der Waals surface area contributed by atoms with Crippen molar-refractivity contribution in [2.75, 3.05) is 20.2 Å². The molecule has 2 aromatic carbocycles. The van der Waals surface area contributed by atoms with Crippen LogP contribution in [0.1, 0.15) is 43.7 Å². The Kier molecular flexibility index (Phi) is 5.04. The van der Waals surface area contributed by atoms with Crippen molar-refractivity contribution in [3.05, 3.63) is 65.7 Å². The Balaban J connectivity index is 1.52. The van der Waals surface area contributed by atoms with Gasteiger partial charge in [0.2, 0.25) is 0 Å². The highest BCUT2D eigenvalue weighted by Gasteiger charge is 2.49. The van der Waals surface area contributed by atoms with Crippen molar-refractivity contribution in [1.82, 2.24) is 4.90 Å². The molecule has 0 radical (unpaired) electrons. The second-order valence-corrected chi connectivity index (χ2v) is 8.16. The molecule has 1 aliphatic heterocycles. The second kappa shape index (κ2) is 7.44. The Bertz CT molecular complexity index is 728. The molecule has 1 aliphatic carbocycles. The maximum absolute atomic E-state index is 5.51. The molecule has 2 aromatic rings. The van der Waals surface area contributed by atoms with Gasteiger partial charge in [-0.2, -0.15) is 0 Å². The van der Waals surface area contributed by atoms with Crippen LogP contribution in [0.3, 0.4) is 0 Å². The Morgan fingerprint density at radius 2 is 1.92 bits per heavy atom. The van der Waals surface area contributed by atoms with Gasteiger partial charge in [0.05, 0.1) is 7.11 Å². The lowest BCUT2D eigenvalue weighted by Gasteiger charge is -2.56. The fourth-order valence-corrected chi connectivity index (χ4v) is 5.51. The van der Waals surface area contributed by atoms with E-state index in [0.717, 1.165) is 12.2 Å². The zero-order valence-electron chi connectivity index (χ0n) is 16.2. The quantitative estimate of drug-likeness (QED) is 0.747. The highest BCUT2D eigenvalue weighted by Crippen LogP contribution is 2.51. The zero-order chi connectivity index (χ0) is 18.0. The van der Waals surface area contributed by atoms with Crippen molar-refractivity contribution in [1.29, 1.82) is 0 Å². The molecule has 0 N–H and O–H groups in total. The highest BCUT2D eigenvalue weighted by molar-refractivity contribution is 5.36. The summed E-state index contributed by atoms with van der Waals surface area (Å²) in [5.41, 5.74) is 3.29. The van der Waals surface area contributed by atoms with Crippen molar-refractivity contribution < 1.29 is 4.74 Å². The SMILES string of the molecule is COc1cccc([C@]23CCC[C@H]([C@@H]2C)N(CCc2ccccc2)CC3)c1. The van der Waals surface area contributed by atoms with E-state index in [2.05, 4.69) is 66.4 Å². The van der Waals surface area contributed by atoms with Crippen LogP contribution >= 0.6 is 0 Å². The van der Waals surface area contributed by atoms with E-state index in [1.807, 2.05) is 0 Å². The van der Waals surface area contributed by atoms with Gasteiger partial charge in [0.15, 0.2) is 0 Å². The number of methoxy groups -OCH3 is 1. The third-order valence-electron chi connectivity index (χ3n) is 7.06. The molecule has 3 atom stereocenters. The van der Waals surface area contributed by atoms with E-state index in [1.165, 1.54) is 49.9 Å². The normalized spacial score (nSPS) is 28.7. The molecule has 1 saturated carbocycles. The number of likely N-dealkylation sites (tertiary alicyclic amines) is 1. The first-order valence-electron chi connectivity index (χ1n) is 10.2. The van der Waals surface area contributed by atoms with Gasteiger partial charge in [0, 0.05) is 18.0 Å². The van der Waals surface area contributed by atoms with E-state index in [1.54, 1.807) is 7.11 Å². The predicted octanol–water partition coefficient (Wildman–Crippen LogP) is 5.07. The van der Waals surface area contributed by atoms with Gasteiger partial charge in [-0.3, -0.25) is 4.90 Å². The third-order valence-corrected chi connectivity index (χ3v) is 7.06. The number of hydrogen-bond acceptors (Lipinski definition) is 2. The van der Waals surface area contributed by atoms with Crippen LogP contribution in [0.4, 0.5) is 0 Å². The zero-order valence-corrected chi connectivity index (χ0v) is 16.2. The number of ether oxygens (including phenoxy) is 1. The summed E-state index contributed by atoms with van der Waals surface area (Å²) in [5, 5.41) is 0. The van der Waals surface area contributed by atoms with Gasteiger partial charge < -0.3 is 4.74 Å². The minimum atomic E-state index is 0.334. The minimum Gasteiger partial charge on any atom is -0.497 e. The number of rotatable bonds is 5. The largest absolute Gasteiger partial charge is 0.497 e. The topological polar surface area (TPSA) is 12.5 Å². The van der Waals surface area contributed by atoms with Crippen molar-refractivity contribution in [3.63, 3.8) is 0 Å². The van der Waals surface area contributed by atoms with Crippen LogP contribution in [-0.2, 0) is 11.8 Å². The fraction of sp³-hybridized carbons (Fsp3) is 0.500. The summed E-state index contributed by atoms with van der Waals surface area (Å²) in [6.07, 6.45) is 6.45. The summed E-state index contributed by atoms with van der Waals surface area (Å²) in [5.74, 6) is 1.70. The van der Waals surface area contributed by atoms with E-state index < -0.39 is 0 Å². The number of fused-ring (bicyclic) bond motifs is 2. The number of piperidine rings is 1. The summed E-state index contributed by atoms with van der Waals surface area (Å²) in [4.78, 5) is 2.77. The average Bonchev–Trinajstić information content (AvgIpc) is 2.68. The van der Waals surface area contributed by atoms with Gasteiger partial charge in [0.1, 0.15) is 5.75 Å². The number of hydrogen-bond donors (Lipinski definition) is 0. The molecule has 2 heteroatoms. The highest BCUT2D eigenvalue weighted by atomic mass is 16.5. The lowest BCUT2D eigenvalue weighted by molar-refractivity contribution is -0.00242. The fourth-order valence-electron chi connectivity index (χ4n) is 5.51. The summed E-state index contributed by atoms with van der Waals surface area (Å²) < 4.78 is 5.51. The summed E-state index contributed by atoms with van der Waals surface area (Å²) in [6.45, 7) is 4.91. The molecule has 0 amide bonds. The van der Waals surface area contributed by atoms with Crippen LogP contribution in [0.25, 0.3) is 0 Å². The van der Waals surface area contributed by atoms with Crippen molar-refractivity contribution in [3.8, 4) is 5.75 Å². The molecule has 2 fully saturated rings. The van der Waals surface area contributed by atoms with Crippen molar-refractivity contribution in [2.24, 2.45) is 5.92 Å². The molecule has 4 rings (SSSR count). The molecular weight excluding hydrogens is 318 g/mol. The predicted molar refractivity (Wildman–Crippen MR) is 108 cm³/mol. The van der Waals surface area contributed by atoms with Gasteiger partial charge in [-0.1, -0.05) is 55.8 Å². The van der Waals surface area contributed by atoms with E-state index in [4.69, 9.17) is 4.74 Å². The van der Waals surface area contributed by atoms with Gasteiger partial charge in [-0.15, -0.1) is 0 Å². The Morgan fingerprint density at radius 1 is 1.08 bits per heavy atom. The Morgan fingerprint density at radius 3 is 2.73 bits per heavy atom. The molecular formula is C24H31NO. The van der Waals surface area contributed by atoms with Crippen LogP contribution in [-0.4, -0.2) is 31.1 Å². The first kappa shape index (κ1) is 17.6. The average molecular weight is 350 g/mol. The lowest BCUT2D eigenvalue weighted by atomic mass is 9.57. The van der Waals surface area contributed by atoms with Gasteiger partial charge in [-0.05, 0) is 61.4 Å². The van der Waals surface area contributed by atoms with Crippen LogP contribution in [0.2, 0.25) is 0 Å². The molecule has 2 bridgehead atoms. The molecule has 138 valence electrons. The Labute approximate surface area is 158 Å². The van der Waals surface area contributed by atoms with Crippen LogP contribution in [0, 0.1) is 5.92 Å². The second-order valence-electron chi connectivity index (χ2n) is 8.16. The molecule has 2 aliphatic rings. The summed E-state index contributed by atoms with van der Waals surface area (Å²) in [6, 6.07) is 20.5. The van der Waals surface area contributed by atoms with E-state index in [0.29, 0.717) is 17.4 Å². The van der Waals surface area contributed by atoms with Gasteiger partial charge in [0.25, 0.3) is 0 Å². The standard InChI is InChI=1S/C24H31NO/c1-19-23-12-7-14-24(19,21-10-6-11-22(18-21)26-2)15-17-25(23)16-13-20-8-4-3-5-9-20/h3-6,8-11,18-19,23H,7,12-17H2,1-2H3/t19-,23+,24-/m0/s1. The maximum Gasteiger partial charge on any atom is 0.119 e. The lowest BCUT2D eigenvalue weighted by Crippen LogP contribution is -2.58. The molecule has 1 heterocycles. The first-order chi connectivity index (χ1) is 12.7. The molecule has 0 aromatic heterocycles. The monoisotopic (exact) mass is 349 g/mol. The Hall–Kier alpha value is -1.80.